The number of carbonyl (C=O) groups excluding carboxylic acids is 6. The van der Waals surface area contributed by atoms with Gasteiger partial charge in [0.1, 0.15) is 35.4 Å². The van der Waals surface area contributed by atoms with Crippen molar-refractivity contribution in [2.75, 3.05) is 13.1 Å². The summed E-state index contributed by atoms with van der Waals surface area (Å²) >= 11 is 0. The maximum atomic E-state index is 13.6. The Hall–Kier alpha value is -4.44. The summed E-state index contributed by atoms with van der Waals surface area (Å²) in [6, 6.07) is -3.59. The summed E-state index contributed by atoms with van der Waals surface area (Å²) in [7, 11) is 0. The average Bonchev–Trinajstić information content (AvgIpc) is 3.62. The summed E-state index contributed by atoms with van der Waals surface area (Å²) < 4.78 is 16.2. The highest BCUT2D eigenvalue weighted by Gasteiger charge is 2.28. The number of aromatic nitrogens is 2. The Labute approximate surface area is 377 Å². The van der Waals surface area contributed by atoms with Gasteiger partial charge in [0, 0.05) is 26.4 Å². The molecule has 4 atom stereocenters. The van der Waals surface area contributed by atoms with E-state index >= 15 is 0 Å². The van der Waals surface area contributed by atoms with Crippen molar-refractivity contribution < 1.29 is 42.7 Å². The summed E-state index contributed by atoms with van der Waals surface area (Å²) in [5.74, 6) is -1.33. The SMILES string of the molecule is CCCCCCCCCCCCCCCC(=O)N[C@@H](CCCCNC(=O)OC(C)(C)C)C(=O)N[C@@H](C)C(=O)N[C@@H](C)C(=O)N[C@@H](CCCCNC(=O)OC(C)(C)C)c1nnc(C)o1. The maximum absolute atomic E-state index is 13.6. The molecule has 0 radical (unpaired) electrons. The molecule has 1 rings (SSSR count). The minimum atomic E-state index is -1.03. The lowest BCUT2D eigenvalue weighted by Crippen LogP contribution is -2.55. The van der Waals surface area contributed by atoms with Crippen molar-refractivity contribution >= 4 is 35.8 Å². The van der Waals surface area contributed by atoms with Crippen LogP contribution in [-0.4, -0.2) is 88.4 Å². The Morgan fingerprint density at radius 2 is 1.00 bits per heavy atom. The molecule has 0 saturated carbocycles. The van der Waals surface area contributed by atoms with Gasteiger partial charge < -0.3 is 45.8 Å². The molecular weight excluding hydrogens is 809 g/mol. The van der Waals surface area contributed by atoms with Crippen molar-refractivity contribution in [3.8, 4) is 0 Å². The third-order valence-corrected chi connectivity index (χ3v) is 10.00. The van der Waals surface area contributed by atoms with Gasteiger partial charge in [-0.25, -0.2) is 9.59 Å². The molecule has 17 nitrogen and oxygen atoms in total. The zero-order chi connectivity index (χ0) is 47.3. The number of hydrogen-bond acceptors (Lipinski definition) is 11. The zero-order valence-electron chi connectivity index (χ0n) is 40.4. The van der Waals surface area contributed by atoms with Gasteiger partial charge in [-0.2, -0.15) is 0 Å². The second-order valence-corrected chi connectivity index (χ2v) is 18.6. The van der Waals surface area contributed by atoms with E-state index < -0.39 is 65.3 Å². The van der Waals surface area contributed by atoms with Crippen molar-refractivity contribution in [2.24, 2.45) is 0 Å². The normalized spacial score (nSPS) is 13.5. The van der Waals surface area contributed by atoms with Crippen LogP contribution >= 0.6 is 0 Å². The van der Waals surface area contributed by atoms with E-state index in [1.807, 2.05) is 0 Å². The first-order chi connectivity index (χ1) is 29.7. The van der Waals surface area contributed by atoms with Crippen LogP contribution < -0.4 is 31.9 Å². The van der Waals surface area contributed by atoms with Gasteiger partial charge in [0.25, 0.3) is 0 Å². The van der Waals surface area contributed by atoms with E-state index in [1.165, 1.54) is 71.6 Å². The zero-order valence-corrected chi connectivity index (χ0v) is 40.4. The van der Waals surface area contributed by atoms with E-state index in [1.54, 1.807) is 48.5 Å². The molecule has 0 saturated heterocycles. The minimum Gasteiger partial charge on any atom is -0.444 e. The first-order valence-corrected chi connectivity index (χ1v) is 23.6. The van der Waals surface area contributed by atoms with Crippen LogP contribution in [0.4, 0.5) is 9.59 Å². The highest BCUT2D eigenvalue weighted by molar-refractivity contribution is 5.94. The number of aryl methyl sites for hydroxylation is 1. The number of nitrogens with one attached hydrogen (secondary N) is 6. The molecule has 0 spiro atoms. The van der Waals surface area contributed by atoms with Crippen LogP contribution in [0.25, 0.3) is 0 Å². The van der Waals surface area contributed by atoms with Crippen LogP contribution in [0.5, 0.6) is 0 Å². The quantitative estimate of drug-likeness (QED) is 0.0381. The summed E-state index contributed by atoms with van der Waals surface area (Å²) in [6.07, 6.45) is 17.7. The van der Waals surface area contributed by atoms with Gasteiger partial charge in [-0.15, -0.1) is 10.2 Å². The monoisotopic (exact) mass is 893 g/mol. The van der Waals surface area contributed by atoms with E-state index in [0.717, 1.165) is 19.3 Å². The Morgan fingerprint density at radius 1 is 0.556 bits per heavy atom. The van der Waals surface area contributed by atoms with Crippen LogP contribution in [0.1, 0.15) is 209 Å². The molecule has 0 aliphatic carbocycles. The number of alkyl carbamates (subject to hydrolysis) is 2. The molecule has 0 unspecified atom stereocenters. The molecule has 0 bridgehead atoms. The number of rotatable bonds is 32. The van der Waals surface area contributed by atoms with Gasteiger partial charge in [0.2, 0.25) is 35.4 Å². The number of unbranched alkanes of at least 4 members (excludes halogenated alkanes) is 14. The third-order valence-electron chi connectivity index (χ3n) is 10.00. The lowest BCUT2D eigenvalue weighted by atomic mass is 10.0. The van der Waals surface area contributed by atoms with Crippen molar-refractivity contribution in [3.63, 3.8) is 0 Å². The molecule has 0 fully saturated rings. The van der Waals surface area contributed by atoms with Gasteiger partial charge in [-0.05, 0) is 100 Å². The first-order valence-electron chi connectivity index (χ1n) is 23.6. The van der Waals surface area contributed by atoms with Gasteiger partial charge in [0.15, 0.2) is 0 Å². The lowest BCUT2D eigenvalue weighted by molar-refractivity contribution is -0.133. The molecule has 0 aliphatic rings. The van der Waals surface area contributed by atoms with Crippen LogP contribution in [0.15, 0.2) is 4.42 Å². The van der Waals surface area contributed by atoms with Gasteiger partial charge in [-0.3, -0.25) is 19.2 Å². The largest absolute Gasteiger partial charge is 0.444 e. The number of nitrogens with zero attached hydrogens (tertiary/aromatic N) is 2. The highest BCUT2D eigenvalue weighted by atomic mass is 16.6. The van der Waals surface area contributed by atoms with E-state index in [-0.39, 0.29) is 24.6 Å². The van der Waals surface area contributed by atoms with Gasteiger partial charge >= 0.3 is 12.2 Å². The molecule has 63 heavy (non-hydrogen) atoms. The standard InChI is InChI=1S/C46H84N8O9/c1-11-12-13-14-15-16-17-18-19-20-21-22-23-30-38(55)51-36(28-24-26-31-47-43(59)62-45(5,6)7)41(58)50-33(2)39(56)49-34(3)40(57)52-37(42-54-53-35(4)61-42)29-25-27-32-48-44(60)63-46(8,9)10/h33-34,36-37H,11-32H2,1-10H3,(H,47,59)(H,48,60)(H,49,56)(H,50,58)(H,51,55)(H,52,57)/t33-,34-,36-,37-/m0/s1. The fraction of sp³-hybridized carbons (Fsp3) is 0.826. The molecule has 6 N–H and O–H groups in total. The fourth-order valence-corrected chi connectivity index (χ4v) is 6.59. The average molecular weight is 893 g/mol. The molecule has 6 amide bonds. The summed E-state index contributed by atoms with van der Waals surface area (Å²) in [6.45, 7) is 18.3. The smallest absolute Gasteiger partial charge is 0.407 e. The Balaban J connectivity index is 2.71. The van der Waals surface area contributed by atoms with E-state index in [9.17, 15) is 28.8 Å². The summed E-state index contributed by atoms with van der Waals surface area (Å²) in [4.78, 5) is 77.2. The lowest BCUT2D eigenvalue weighted by Gasteiger charge is -2.23. The van der Waals surface area contributed by atoms with Crippen molar-refractivity contribution in [3.05, 3.63) is 11.8 Å². The first kappa shape index (κ1) is 56.6. The predicted molar refractivity (Wildman–Crippen MR) is 244 cm³/mol. The van der Waals surface area contributed by atoms with Crippen LogP contribution in [0.3, 0.4) is 0 Å². The molecule has 0 aliphatic heterocycles. The number of amides is 6. The maximum Gasteiger partial charge on any atom is 0.407 e. The second kappa shape index (κ2) is 31.4. The van der Waals surface area contributed by atoms with E-state index in [0.29, 0.717) is 57.5 Å². The second-order valence-electron chi connectivity index (χ2n) is 18.6. The molecule has 1 heterocycles. The minimum absolute atomic E-state index is 0.211. The van der Waals surface area contributed by atoms with Crippen LogP contribution in [-0.2, 0) is 28.7 Å². The predicted octanol–water partition coefficient (Wildman–Crippen LogP) is 7.90. The van der Waals surface area contributed by atoms with Gasteiger partial charge in [-0.1, -0.05) is 84.0 Å². The molecular formula is C46H84N8O9. The Kier molecular flexibility index (Phi) is 28.2. The third kappa shape index (κ3) is 29.5. The van der Waals surface area contributed by atoms with E-state index in [2.05, 4.69) is 49.0 Å². The molecule has 362 valence electrons. The van der Waals surface area contributed by atoms with Crippen LogP contribution in [0, 0.1) is 6.92 Å². The number of carbonyl (C=O) groups is 6. The van der Waals surface area contributed by atoms with Crippen molar-refractivity contribution in [1.29, 1.82) is 0 Å². The molecule has 1 aromatic heterocycles. The van der Waals surface area contributed by atoms with Gasteiger partial charge in [0.05, 0.1) is 0 Å². The molecule has 0 aromatic carbocycles. The van der Waals surface area contributed by atoms with Crippen LogP contribution in [0.2, 0.25) is 0 Å². The highest BCUT2D eigenvalue weighted by Crippen LogP contribution is 2.19. The van der Waals surface area contributed by atoms with Crippen molar-refractivity contribution in [1.82, 2.24) is 42.1 Å². The number of hydrogen-bond donors (Lipinski definition) is 6. The topological polar surface area (TPSA) is 232 Å². The van der Waals surface area contributed by atoms with Crippen molar-refractivity contribution in [2.45, 2.75) is 233 Å². The molecule has 1 aromatic rings. The molecule has 17 heteroatoms. The fourth-order valence-electron chi connectivity index (χ4n) is 6.59. The van der Waals surface area contributed by atoms with E-state index in [4.69, 9.17) is 13.9 Å². The number of ether oxygens (including phenoxy) is 2. The summed E-state index contributed by atoms with van der Waals surface area (Å²) in [5, 5.41) is 24.5. The Morgan fingerprint density at radius 3 is 1.46 bits per heavy atom. The Bertz CT molecular complexity index is 1490. The summed E-state index contributed by atoms with van der Waals surface area (Å²) in [5.41, 5.74) is -1.24.